The first-order valence-corrected chi connectivity index (χ1v) is 7.80. The van der Waals surface area contributed by atoms with E-state index in [0.29, 0.717) is 17.6 Å². The first-order chi connectivity index (χ1) is 9.74. The molecule has 4 atom stereocenters. The van der Waals surface area contributed by atoms with Crippen LogP contribution in [0.3, 0.4) is 0 Å². The number of hydrogen-bond acceptors (Lipinski definition) is 1. The second kappa shape index (κ2) is 5.83. The Morgan fingerprint density at radius 3 is 2.70 bits per heavy atom. The maximum Gasteiger partial charge on any atom is 0.129 e. The number of carbonyl (C=O) groups excluding carboxylic acids is 1. The quantitative estimate of drug-likeness (QED) is 0.754. The van der Waals surface area contributed by atoms with Gasteiger partial charge in [-0.05, 0) is 62.5 Å². The monoisotopic (exact) mass is 266 g/mol. The van der Waals surface area contributed by atoms with Crippen molar-refractivity contribution in [2.24, 2.45) is 23.7 Å². The molecule has 0 N–H and O–H groups in total. The Balaban J connectivity index is 1.73. The zero-order chi connectivity index (χ0) is 13.9. The van der Waals surface area contributed by atoms with Gasteiger partial charge in [0.25, 0.3) is 0 Å². The molecule has 1 aromatic carbocycles. The summed E-state index contributed by atoms with van der Waals surface area (Å²) in [4.78, 5) is 11.3. The van der Waals surface area contributed by atoms with Crippen molar-refractivity contribution >= 4 is 5.78 Å². The van der Waals surface area contributed by atoms with E-state index in [-0.39, 0.29) is 0 Å². The summed E-state index contributed by atoms with van der Waals surface area (Å²) < 4.78 is 0. The maximum atomic E-state index is 11.3. The molecule has 2 bridgehead atoms. The van der Waals surface area contributed by atoms with Crippen LogP contribution in [0.25, 0.3) is 0 Å². The summed E-state index contributed by atoms with van der Waals surface area (Å²) in [5.41, 5.74) is 1.11. The number of fused-ring (bicyclic) bond motifs is 2. The molecule has 0 radical (unpaired) electrons. The van der Waals surface area contributed by atoms with E-state index in [1.165, 1.54) is 19.3 Å². The standard InChI is InChI=1S/C19H22O/c1-14(20)7-11-18-16-9-10-17(13-16)19(18)12-8-15-5-3-2-4-6-15/h2-6,16-19H,7,9-11,13H2,1H3/t16-,17+,18+,19-/m1/s1. The molecule has 0 spiro atoms. The first kappa shape index (κ1) is 13.4. The van der Waals surface area contributed by atoms with Crippen molar-refractivity contribution < 1.29 is 4.79 Å². The van der Waals surface area contributed by atoms with Crippen molar-refractivity contribution in [2.75, 3.05) is 0 Å². The molecule has 104 valence electrons. The van der Waals surface area contributed by atoms with E-state index in [9.17, 15) is 4.79 Å². The average Bonchev–Trinajstić information content (AvgIpc) is 3.05. The number of benzene rings is 1. The normalized spacial score (nSPS) is 30.9. The van der Waals surface area contributed by atoms with Crippen LogP contribution >= 0.6 is 0 Å². The third kappa shape index (κ3) is 2.80. The smallest absolute Gasteiger partial charge is 0.129 e. The Morgan fingerprint density at radius 1 is 1.20 bits per heavy atom. The van der Waals surface area contributed by atoms with Crippen LogP contribution in [0.2, 0.25) is 0 Å². The van der Waals surface area contributed by atoms with Gasteiger partial charge in [-0.25, -0.2) is 0 Å². The van der Waals surface area contributed by atoms with Gasteiger partial charge < -0.3 is 4.79 Å². The van der Waals surface area contributed by atoms with Crippen molar-refractivity contribution in [2.45, 2.75) is 39.0 Å². The van der Waals surface area contributed by atoms with Gasteiger partial charge in [-0.2, -0.15) is 0 Å². The van der Waals surface area contributed by atoms with E-state index in [2.05, 4.69) is 24.0 Å². The lowest BCUT2D eigenvalue weighted by Gasteiger charge is -2.27. The molecule has 20 heavy (non-hydrogen) atoms. The molecular formula is C19H22O. The molecule has 1 heteroatoms. The Morgan fingerprint density at radius 2 is 1.95 bits per heavy atom. The van der Waals surface area contributed by atoms with Crippen LogP contribution < -0.4 is 0 Å². The van der Waals surface area contributed by atoms with Crippen LogP contribution in [-0.2, 0) is 4.79 Å². The van der Waals surface area contributed by atoms with Gasteiger partial charge >= 0.3 is 0 Å². The summed E-state index contributed by atoms with van der Waals surface area (Å²) in [5, 5.41) is 0. The molecule has 2 aliphatic carbocycles. The lowest BCUT2D eigenvalue weighted by molar-refractivity contribution is -0.117. The van der Waals surface area contributed by atoms with Crippen molar-refractivity contribution in [3.8, 4) is 11.8 Å². The average molecular weight is 266 g/mol. The summed E-state index contributed by atoms with van der Waals surface area (Å²) in [7, 11) is 0. The van der Waals surface area contributed by atoms with Crippen LogP contribution in [0.4, 0.5) is 0 Å². The minimum Gasteiger partial charge on any atom is -0.300 e. The summed E-state index contributed by atoms with van der Waals surface area (Å²) >= 11 is 0. The molecule has 0 aromatic heterocycles. The van der Waals surface area contributed by atoms with Gasteiger partial charge in [0.15, 0.2) is 0 Å². The fourth-order valence-corrected chi connectivity index (χ4v) is 4.11. The highest BCUT2D eigenvalue weighted by molar-refractivity contribution is 5.75. The van der Waals surface area contributed by atoms with Crippen LogP contribution in [0.15, 0.2) is 30.3 Å². The summed E-state index contributed by atoms with van der Waals surface area (Å²) in [6.07, 6.45) is 5.82. The first-order valence-electron chi connectivity index (χ1n) is 7.80. The van der Waals surface area contributed by atoms with Crippen molar-refractivity contribution in [1.29, 1.82) is 0 Å². The Labute approximate surface area is 121 Å². The maximum absolute atomic E-state index is 11.3. The SMILES string of the molecule is CC(=O)CC[C@H]1[C@@H]2CC[C@@H](C2)[C@H]1C#Cc1ccccc1. The minimum absolute atomic E-state index is 0.322. The van der Waals surface area contributed by atoms with E-state index >= 15 is 0 Å². The molecule has 0 amide bonds. The zero-order valence-corrected chi connectivity index (χ0v) is 12.1. The molecule has 0 saturated heterocycles. The van der Waals surface area contributed by atoms with Gasteiger partial charge in [-0.3, -0.25) is 0 Å². The lowest BCUT2D eigenvalue weighted by atomic mass is 9.77. The van der Waals surface area contributed by atoms with Gasteiger partial charge in [0.1, 0.15) is 5.78 Å². The zero-order valence-electron chi connectivity index (χ0n) is 12.1. The second-order valence-electron chi connectivity index (χ2n) is 6.40. The van der Waals surface area contributed by atoms with Crippen molar-refractivity contribution in [3.05, 3.63) is 35.9 Å². The van der Waals surface area contributed by atoms with Crippen LogP contribution in [-0.4, -0.2) is 5.78 Å². The molecule has 1 aromatic rings. The second-order valence-corrected chi connectivity index (χ2v) is 6.40. The predicted octanol–water partition coefficient (Wildman–Crippen LogP) is 4.07. The van der Waals surface area contributed by atoms with E-state index < -0.39 is 0 Å². The molecule has 1 nitrogen and oxygen atoms in total. The van der Waals surface area contributed by atoms with Gasteiger partial charge in [-0.15, -0.1) is 0 Å². The Hall–Kier alpha value is -1.55. The highest BCUT2D eigenvalue weighted by Gasteiger charge is 2.46. The fraction of sp³-hybridized carbons (Fsp3) is 0.526. The van der Waals surface area contributed by atoms with Crippen LogP contribution in [0.5, 0.6) is 0 Å². The van der Waals surface area contributed by atoms with Gasteiger partial charge in [-0.1, -0.05) is 30.0 Å². The Bertz CT molecular complexity index is 534. The summed E-state index contributed by atoms with van der Waals surface area (Å²) in [6, 6.07) is 10.3. The lowest BCUT2D eigenvalue weighted by Crippen LogP contribution is -2.21. The third-order valence-corrected chi connectivity index (χ3v) is 5.08. The Kier molecular flexibility index (Phi) is 3.92. The molecular weight excluding hydrogens is 244 g/mol. The molecule has 0 unspecified atom stereocenters. The van der Waals surface area contributed by atoms with Crippen LogP contribution in [0.1, 0.15) is 44.6 Å². The number of carbonyl (C=O) groups is 1. The van der Waals surface area contributed by atoms with E-state index in [4.69, 9.17) is 0 Å². The predicted molar refractivity (Wildman–Crippen MR) is 81.0 cm³/mol. The van der Waals surface area contributed by atoms with Crippen LogP contribution in [0, 0.1) is 35.5 Å². The van der Waals surface area contributed by atoms with E-state index in [0.717, 1.165) is 30.2 Å². The van der Waals surface area contributed by atoms with Gasteiger partial charge in [0, 0.05) is 17.9 Å². The van der Waals surface area contributed by atoms with E-state index in [1.54, 1.807) is 6.92 Å². The highest BCUT2D eigenvalue weighted by atomic mass is 16.1. The molecule has 2 fully saturated rings. The highest BCUT2D eigenvalue weighted by Crippen LogP contribution is 2.53. The molecule has 2 saturated carbocycles. The van der Waals surface area contributed by atoms with Gasteiger partial charge in [0.05, 0.1) is 0 Å². The number of rotatable bonds is 3. The number of hydrogen-bond donors (Lipinski definition) is 0. The molecule has 2 aliphatic rings. The summed E-state index contributed by atoms with van der Waals surface area (Å²) in [5.74, 6) is 10.0. The van der Waals surface area contributed by atoms with E-state index in [1.807, 2.05) is 18.2 Å². The number of Topliss-reactive ketones (excluding diaryl/α,β-unsaturated/α-hetero) is 1. The van der Waals surface area contributed by atoms with Gasteiger partial charge in [0.2, 0.25) is 0 Å². The third-order valence-electron chi connectivity index (χ3n) is 5.08. The molecule has 3 rings (SSSR count). The largest absolute Gasteiger partial charge is 0.300 e. The van der Waals surface area contributed by atoms with Crippen molar-refractivity contribution in [3.63, 3.8) is 0 Å². The topological polar surface area (TPSA) is 17.1 Å². The fourth-order valence-electron chi connectivity index (χ4n) is 4.11. The molecule has 0 heterocycles. The number of ketones is 1. The summed E-state index contributed by atoms with van der Waals surface area (Å²) in [6.45, 7) is 1.71. The molecule has 0 aliphatic heterocycles. The minimum atomic E-state index is 0.322. The van der Waals surface area contributed by atoms with Crippen molar-refractivity contribution in [1.82, 2.24) is 0 Å².